The average molecular weight is 330 g/mol. The Bertz CT molecular complexity index is 231. The van der Waals surface area contributed by atoms with Crippen LogP contribution in [0.1, 0.15) is 71.1 Å². The molecular formula is C14H28NNaO2S2. The van der Waals surface area contributed by atoms with Crippen molar-refractivity contribution in [3.8, 4) is 0 Å². The number of hydroxylamine groups is 1. The molecule has 0 fully saturated rings. The summed E-state index contributed by atoms with van der Waals surface area (Å²) in [5, 5.41) is 0. The van der Waals surface area contributed by atoms with Gasteiger partial charge in [-0.2, -0.15) is 0 Å². The quantitative estimate of drug-likeness (QED) is 0.182. The zero-order valence-electron chi connectivity index (χ0n) is 12.0. The topological polar surface area (TPSA) is 38.3 Å². The first-order valence-corrected chi connectivity index (χ1v) is 8.72. The van der Waals surface area contributed by atoms with Crippen molar-refractivity contribution in [3.05, 3.63) is 0 Å². The molecule has 0 spiro atoms. The van der Waals surface area contributed by atoms with Crippen molar-refractivity contribution in [3.63, 3.8) is 0 Å². The predicted octanol–water partition coefficient (Wildman–Crippen LogP) is 3.95. The van der Waals surface area contributed by atoms with Crippen molar-refractivity contribution in [2.24, 2.45) is 0 Å². The van der Waals surface area contributed by atoms with E-state index in [-0.39, 0.29) is 29.6 Å². The molecule has 0 amide bonds. The summed E-state index contributed by atoms with van der Waals surface area (Å²) in [6.07, 6.45) is 13.4. The maximum atomic E-state index is 9.92. The first-order chi connectivity index (χ1) is 9.31. The van der Waals surface area contributed by atoms with Crippen LogP contribution >= 0.6 is 24.0 Å². The van der Waals surface area contributed by atoms with Gasteiger partial charge < -0.3 is 4.84 Å². The van der Waals surface area contributed by atoms with Gasteiger partial charge in [-0.25, -0.2) is 5.48 Å². The van der Waals surface area contributed by atoms with Crippen molar-refractivity contribution < 1.29 is 9.63 Å². The summed E-state index contributed by atoms with van der Waals surface area (Å²) < 4.78 is 0.531. The van der Waals surface area contributed by atoms with Gasteiger partial charge in [0.1, 0.15) is 0 Å². The molecule has 0 aromatic rings. The molecule has 0 saturated heterocycles. The average Bonchev–Trinajstić information content (AvgIpc) is 2.42. The zero-order valence-corrected chi connectivity index (χ0v) is 13.6. The van der Waals surface area contributed by atoms with Gasteiger partial charge in [0.25, 0.3) is 0 Å². The third-order valence-electron chi connectivity index (χ3n) is 2.92. The van der Waals surface area contributed by atoms with E-state index in [1.807, 2.05) is 0 Å². The minimum absolute atomic E-state index is 0. The summed E-state index contributed by atoms with van der Waals surface area (Å²) in [6.45, 7) is 2.59. The third-order valence-corrected chi connectivity index (χ3v) is 4.20. The first-order valence-electron chi connectivity index (χ1n) is 7.33. The number of nitrogens with one attached hydrogen (secondary N) is 1. The monoisotopic (exact) mass is 329 g/mol. The van der Waals surface area contributed by atoms with Crippen LogP contribution in [-0.4, -0.2) is 46.1 Å². The SMILES string of the molecule is CCCCCCCCCCCCSC(=S)NOC=O.[NaH]. The van der Waals surface area contributed by atoms with E-state index < -0.39 is 0 Å². The summed E-state index contributed by atoms with van der Waals surface area (Å²) in [6, 6.07) is 0. The molecule has 0 atom stereocenters. The van der Waals surface area contributed by atoms with E-state index in [0.717, 1.165) is 5.75 Å². The van der Waals surface area contributed by atoms with Crippen molar-refractivity contribution in [1.29, 1.82) is 0 Å². The van der Waals surface area contributed by atoms with Gasteiger partial charge in [-0.3, -0.25) is 4.79 Å². The second kappa shape index (κ2) is 19.7. The molecule has 0 heterocycles. The van der Waals surface area contributed by atoms with Crippen LogP contribution in [0.3, 0.4) is 0 Å². The van der Waals surface area contributed by atoms with E-state index in [1.165, 1.54) is 76.0 Å². The number of carbonyl (C=O) groups excluding carboxylic acids is 1. The van der Waals surface area contributed by atoms with Gasteiger partial charge in [-0.15, -0.1) is 0 Å². The fraction of sp³-hybridized carbons (Fsp3) is 0.857. The molecule has 20 heavy (non-hydrogen) atoms. The van der Waals surface area contributed by atoms with E-state index in [1.54, 1.807) is 0 Å². The van der Waals surface area contributed by atoms with Crippen LogP contribution < -0.4 is 5.48 Å². The molecule has 0 aromatic heterocycles. The van der Waals surface area contributed by atoms with Gasteiger partial charge in [0, 0.05) is 5.75 Å². The molecule has 0 aliphatic carbocycles. The van der Waals surface area contributed by atoms with E-state index in [0.29, 0.717) is 10.8 Å². The standard InChI is InChI=1S/C14H27NO2S2.Na.H/c1-2-3-4-5-6-7-8-9-10-11-12-19-14(18)15-17-13-16;;/h13H,2-12H2,1H3,(H,15,18);;. The summed E-state index contributed by atoms with van der Waals surface area (Å²) in [5.74, 6) is 0.991. The Balaban J connectivity index is 0. The normalized spacial score (nSPS) is 9.65. The minimum atomic E-state index is 0. The van der Waals surface area contributed by atoms with Crippen molar-refractivity contribution in [1.82, 2.24) is 5.48 Å². The number of rotatable bonds is 13. The molecule has 6 heteroatoms. The Kier molecular flexibility index (Phi) is 22.6. The maximum absolute atomic E-state index is 9.92. The number of thioether (sulfide) groups is 1. The number of carbonyl (C=O) groups is 1. The Morgan fingerprint density at radius 1 is 1.05 bits per heavy atom. The number of unbranched alkanes of at least 4 members (excludes halogenated alkanes) is 9. The molecule has 3 nitrogen and oxygen atoms in total. The van der Waals surface area contributed by atoms with Crippen LogP contribution in [0, 0.1) is 0 Å². The summed E-state index contributed by atoms with van der Waals surface area (Å²) in [4.78, 5) is 14.3. The molecule has 0 saturated carbocycles. The van der Waals surface area contributed by atoms with Gasteiger partial charge in [-0.1, -0.05) is 76.5 Å². The molecule has 0 aromatic carbocycles. The van der Waals surface area contributed by atoms with Crippen LogP contribution in [0.25, 0.3) is 0 Å². The van der Waals surface area contributed by atoms with Gasteiger partial charge >= 0.3 is 36.0 Å². The van der Waals surface area contributed by atoms with Crippen LogP contribution in [0.15, 0.2) is 0 Å². The summed E-state index contributed by atoms with van der Waals surface area (Å²) in [7, 11) is 0. The second-order valence-electron chi connectivity index (χ2n) is 4.63. The summed E-state index contributed by atoms with van der Waals surface area (Å²) in [5.41, 5.74) is 2.39. The molecule has 1 N–H and O–H groups in total. The fourth-order valence-corrected chi connectivity index (χ4v) is 2.80. The van der Waals surface area contributed by atoms with E-state index >= 15 is 0 Å². The summed E-state index contributed by atoms with van der Waals surface area (Å²) >= 11 is 6.49. The molecule has 114 valence electrons. The van der Waals surface area contributed by atoms with Crippen molar-refractivity contribution in [2.75, 3.05) is 5.75 Å². The third kappa shape index (κ3) is 18.7. The number of thiocarbonyl (C=S) groups is 1. The molecular weight excluding hydrogens is 301 g/mol. The Morgan fingerprint density at radius 2 is 1.55 bits per heavy atom. The predicted molar refractivity (Wildman–Crippen MR) is 94.3 cm³/mol. The van der Waals surface area contributed by atoms with Crippen LogP contribution in [0.2, 0.25) is 0 Å². The number of hydrogen-bond acceptors (Lipinski definition) is 4. The van der Waals surface area contributed by atoms with Crippen molar-refractivity contribution in [2.45, 2.75) is 71.1 Å². The molecule has 0 unspecified atom stereocenters. The van der Waals surface area contributed by atoms with E-state index in [9.17, 15) is 4.79 Å². The molecule has 0 radical (unpaired) electrons. The number of hydrogen-bond donors (Lipinski definition) is 1. The Labute approximate surface area is 155 Å². The van der Waals surface area contributed by atoms with Crippen LogP contribution in [-0.2, 0) is 9.63 Å². The van der Waals surface area contributed by atoms with E-state index in [4.69, 9.17) is 12.2 Å². The molecule has 0 aliphatic rings. The zero-order chi connectivity index (χ0) is 14.2. The van der Waals surface area contributed by atoms with E-state index in [2.05, 4.69) is 17.2 Å². The Hall–Kier alpha value is 0.710. The molecule has 0 bridgehead atoms. The first kappa shape index (κ1) is 23.0. The molecule has 0 rings (SSSR count). The second-order valence-corrected chi connectivity index (χ2v) is 6.41. The van der Waals surface area contributed by atoms with Gasteiger partial charge in [0.05, 0.1) is 0 Å². The van der Waals surface area contributed by atoms with Gasteiger partial charge in [-0.05, 0) is 18.6 Å². The van der Waals surface area contributed by atoms with Crippen LogP contribution in [0.4, 0.5) is 0 Å². The Morgan fingerprint density at radius 3 is 2.05 bits per heavy atom. The molecule has 0 aliphatic heterocycles. The van der Waals surface area contributed by atoms with Gasteiger partial charge in [0.2, 0.25) is 0 Å². The van der Waals surface area contributed by atoms with Crippen LogP contribution in [0.5, 0.6) is 0 Å². The van der Waals surface area contributed by atoms with Crippen molar-refractivity contribution >= 4 is 64.3 Å². The fourth-order valence-electron chi connectivity index (χ4n) is 1.86. The van der Waals surface area contributed by atoms with Gasteiger partial charge in [0.15, 0.2) is 4.32 Å².